The van der Waals surface area contributed by atoms with Crippen LogP contribution in [0.15, 0.2) is 48.5 Å². The fourth-order valence-corrected chi connectivity index (χ4v) is 2.90. The number of hydrogen-bond donors (Lipinski definition) is 1. The predicted octanol–water partition coefficient (Wildman–Crippen LogP) is 2.64. The maximum Gasteiger partial charge on any atom is 0.233 e. The standard InChI is InChI=1S/C19H19F2N3O2/c20-15-7-4-8-16(21)19(15)22-17(25)13-18(26)24-11-9-23(10-12-24)14-5-2-1-3-6-14/h1-8H,9-13H2,(H,22,25). The van der Waals surface area contributed by atoms with Crippen molar-refractivity contribution >= 4 is 23.2 Å². The lowest BCUT2D eigenvalue weighted by Gasteiger charge is -2.36. The first-order valence-corrected chi connectivity index (χ1v) is 8.36. The highest BCUT2D eigenvalue weighted by molar-refractivity contribution is 6.03. The normalized spacial score (nSPS) is 14.2. The number of hydrogen-bond acceptors (Lipinski definition) is 3. The summed E-state index contributed by atoms with van der Waals surface area (Å²) in [5.74, 6) is -2.83. The third-order valence-corrected chi connectivity index (χ3v) is 4.29. The largest absolute Gasteiger partial charge is 0.368 e. The van der Waals surface area contributed by atoms with Crippen LogP contribution in [-0.4, -0.2) is 42.9 Å². The number of benzene rings is 2. The lowest BCUT2D eigenvalue weighted by molar-refractivity contribution is -0.134. The Hall–Kier alpha value is -2.96. The third-order valence-electron chi connectivity index (χ3n) is 4.29. The predicted molar refractivity (Wildman–Crippen MR) is 94.8 cm³/mol. The van der Waals surface area contributed by atoms with Crippen LogP contribution < -0.4 is 10.2 Å². The Morgan fingerprint density at radius 1 is 0.885 bits per heavy atom. The number of amides is 2. The molecule has 1 heterocycles. The van der Waals surface area contributed by atoms with E-state index in [-0.39, 0.29) is 5.91 Å². The van der Waals surface area contributed by atoms with Crippen molar-refractivity contribution in [3.63, 3.8) is 0 Å². The van der Waals surface area contributed by atoms with Crippen molar-refractivity contribution in [1.82, 2.24) is 4.90 Å². The number of nitrogens with zero attached hydrogens (tertiary/aromatic N) is 2. The molecule has 7 heteroatoms. The molecule has 2 aromatic rings. The van der Waals surface area contributed by atoms with Gasteiger partial charge in [0, 0.05) is 31.9 Å². The zero-order valence-corrected chi connectivity index (χ0v) is 14.1. The minimum Gasteiger partial charge on any atom is -0.368 e. The van der Waals surface area contributed by atoms with Gasteiger partial charge >= 0.3 is 0 Å². The fraction of sp³-hybridized carbons (Fsp3) is 0.263. The fourth-order valence-electron chi connectivity index (χ4n) is 2.90. The number of anilines is 2. The Labute approximate surface area is 150 Å². The number of carbonyl (C=O) groups is 2. The molecule has 1 N–H and O–H groups in total. The third kappa shape index (κ3) is 4.17. The van der Waals surface area contributed by atoms with Gasteiger partial charge in [-0.1, -0.05) is 24.3 Å². The van der Waals surface area contributed by atoms with Gasteiger partial charge < -0.3 is 15.1 Å². The molecule has 0 aromatic heterocycles. The molecule has 2 aromatic carbocycles. The van der Waals surface area contributed by atoms with Gasteiger partial charge in [0.1, 0.15) is 23.7 Å². The summed E-state index contributed by atoms with van der Waals surface area (Å²) in [4.78, 5) is 28.0. The molecule has 1 fully saturated rings. The number of carbonyl (C=O) groups excluding carboxylic acids is 2. The smallest absolute Gasteiger partial charge is 0.233 e. The zero-order valence-electron chi connectivity index (χ0n) is 14.1. The van der Waals surface area contributed by atoms with Crippen LogP contribution >= 0.6 is 0 Å². The summed E-state index contributed by atoms with van der Waals surface area (Å²) in [6.45, 7) is 2.32. The minimum atomic E-state index is -0.873. The highest BCUT2D eigenvalue weighted by atomic mass is 19.1. The van der Waals surface area contributed by atoms with Crippen molar-refractivity contribution in [3.05, 3.63) is 60.2 Å². The lowest BCUT2D eigenvalue weighted by atomic mass is 10.2. The van der Waals surface area contributed by atoms with Crippen LogP contribution in [0.3, 0.4) is 0 Å². The average Bonchev–Trinajstić information content (AvgIpc) is 2.66. The molecular weight excluding hydrogens is 340 g/mol. The van der Waals surface area contributed by atoms with Crippen molar-refractivity contribution in [2.24, 2.45) is 0 Å². The summed E-state index contributed by atoms with van der Waals surface area (Å²) in [5, 5.41) is 2.14. The van der Waals surface area contributed by atoms with Crippen LogP contribution in [0.25, 0.3) is 0 Å². The van der Waals surface area contributed by atoms with Crippen molar-refractivity contribution in [1.29, 1.82) is 0 Å². The van der Waals surface area contributed by atoms with Crippen molar-refractivity contribution in [3.8, 4) is 0 Å². The maximum absolute atomic E-state index is 13.6. The molecule has 0 aliphatic carbocycles. The Morgan fingerprint density at radius 2 is 1.50 bits per heavy atom. The molecule has 136 valence electrons. The SMILES string of the molecule is O=C(CC(=O)N1CCN(c2ccccc2)CC1)Nc1c(F)cccc1F. The molecule has 0 radical (unpaired) electrons. The van der Waals surface area contributed by atoms with Crippen LogP contribution in [0.1, 0.15) is 6.42 Å². The van der Waals surface area contributed by atoms with Crippen molar-refractivity contribution in [2.75, 3.05) is 36.4 Å². The first-order valence-electron chi connectivity index (χ1n) is 8.36. The topological polar surface area (TPSA) is 52.7 Å². The molecule has 0 bridgehead atoms. The highest BCUT2D eigenvalue weighted by Crippen LogP contribution is 2.19. The van der Waals surface area contributed by atoms with Crippen LogP contribution in [0, 0.1) is 11.6 Å². The molecule has 1 aliphatic heterocycles. The van der Waals surface area contributed by atoms with E-state index in [1.54, 1.807) is 4.90 Å². The molecule has 0 unspecified atom stereocenters. The molecule has 2 amide bonds. The Morgan fingerprint density at radius 3 is 2.12 bits per heavy atom. The lowest BCUT2D eigenvalue weighted by Crippen LogP contribution is -2.49. The zero-order chi connectivity index (χ0) is 18.5. The van der Waals surface area contributed by atoms with E-state index in [1.165, 1.54) is 6.07 Å². The van der Waals surface area contributed by atoms with E-state index in [0.29, 0.717) is 26.2 Å². The van der Waals surface area contributed by atoms with E-state index in [0.717, 1.165) is 17.8 Å². The first-order chi connectivity index (χ1) is 12.5. The van der Waals surface area contributed by atoms with Gasteiger partial charge in [-0.3, -0.25) is 9.59 Å². The summed E-state index contributed by atoms with van der Waals surface area (Å²) in [6.07, 6.45) is -0.445. The summed E-state index contributed by atoms with van der Waals surface area (Å²) in [6, 6.07) is 13.2. The van der Waals surface area contributed by atoms with E-state index >= 15 is 0 Å². The van der Waals surface area contributed by atoms with Gasteiger partial charge in [-0.15, -0.1) is 0 Å². The number of piperazine rings is 1. The Kier molecular flexibility index (Phi) is 5.46. The second-order valence-corrected chi connectivity index (χ2v) is 6.02. The molecule has 0 saturated carbocycles. The molecule has 5 nitrogen and oxygen atoms in total. The van der Waals surface area contributed by atoms with Gasteiger partial charge in [-0.05, 0) is 24.3 Å². The second-order valence-electron chi connectivity index (χ2n) is 6.02. The van der Waals surface area contributed by atoms with Gasteiger partial charge in [-0.25, -0.2) is 8.78 Å². The van der Waals surface area contributed by atoms with Gasteiger partial charge in [-0.2, -0.15) is 0 Å². The quantitative estimate of drug-likeness (QED) is 0.854. The van der Waals surface area contributed by atoms with E-state index in [9.17, 15) is 18.4 Å². The summed E-state index contributed by atoms with van der Waals surface area (Å²) < 4.78 is 27.1. The summed E-state index contributed by atoms with van der Waals surface area (Å²) >= 11 is 0. The van der Waals surface area contributed by atoms with Gasteiger partial charge in [0.15, 0.2) is 0 Å². The molecule has 3 rings (SSSR count). The number of nitrogens with one attached hydrogen (secondary N) is 1. The molecular formula is C19H19F2N3O2. The first kappa shape index (κ1) is 17.8. The van der Waals surface area contributed by atoms with E-state index in [2.05, 4.69) is 10.2 Å². The minimum absolute atomic E-state index is 0.355. The molecule has 0 spiro atoms. The Bertz CT molecular complexity index is 770. The van der Waals surface area contributed by atoms with Crippen LogP contribution in [0.2, 0.25) is 0 Å². The van der Waals surface area contributed by atoms with Crippen molar-refractivity contribution < 1.29 is 18.4 Å². The van der Waals surface area contributed by atoms with Gasteiger partial charge in [0.2, 0.25) is 11.8 Å². The van der Waals surface area contributed by atoms with Crippen molar-refractivity contribution in [2.45, 2.75) is 6.42 Å². The molecule has 26 heavy (non-hydrogen) atoms. The van der Waals surface area contributed by atoms with E-state index in [4.69, 9.17) is 0 Å². The maximum atomic E-state index is 13.6. The van der Waals surface area contributed by atoms with E-state index in [1.807, 2.05) is 30.3 Å². The Balaban J connectivity index is 1.52. The van der Waals surface area contributed by atoms with Crippen LogP contribution in [0.4, 0.5) is 20.2 Å². The monoisotopic (exact) mass is 359 g/mol. The van der Waals surface area contributed by atoms with Gasteiger partial charge in [0.25, 0.3) is 0 Å². The summed E-state index contributed by atoms with van der Waals surface area (Å²) in [7, 11) is 0. The average molecular weight is 359 g/mol. The number of para-hydroxylation sites is 2. The van der Waals surface area contributed by atoms with Gasteiger partial charge in [0.05, 0.1) is 0 Å². The highest BCUT2D eigenvalue weighted by Gasteiger charge is 2.23. The van der Waals surface area contributed by atoms with Crippen LogP contribution in [0.5, 0.6) is 0 Å². The molecule has 1 saturated heterocycles. The number of rotatable bonds is 4. The molecule has 0 atom stereocenters. The number of halogens is 2. The van der Waals surface area contributed by atoms with Crippen LogP contribution in [-0.2, 0) is 9.59 Å². The summed E-state index contributed by atoms with van der Waals surface area (Å²) in [5.41, 5.74) is 0.562. The molecule has 1 aliphatic rings. The second kappa shape index (κ2) is 7.95. The van der Waals surface area contributed by atoms with E-state index < -0.39 is 29.6 Å².